The van der Waals surface area contributed by atoms with Gasteiger partial charge >= 0.3 is 5.97 Å². The number of benzene rings is 2. The van der Waals surface area contributed by atoms with Gasteiger partial charge in [0.15, 0.2) is 6.04 Å². The summed E-state index contributed by atoms with van der Waals surface area (Å²) in [6.07, 6.45) is 4.96. The minimum absolute atomic E-state index is 0.0384. The Labute approximate surface area is 358 Å². The maximum Gasteiger partial charge on any atom is 0.333 e. The third kappa shape index (κ3) is 13.6. The van der Waals surface area contributed by atoms with Crippen molar-refractivity contribution in [3.8, 4) is 5.75 Å². The number of esters is 1. The van der Waals surface area contributed by atoms with E-state index in [1.54, 1.807) is 58.0 Å². The van der Waals surface area contributed by atoms with Crippen molar-refractivity contribution in [3.05, 3.63) is 65.7 Å². The molecule has 3 aliphatic rings. The maximum absolute atomic E-state index is 14.7. The van der Waals surface area contributed by atoms with Gasteiger partial charge in [0, 0.05) is 19.4 Å². The van der Waals surface area contributed by atoms with Crippen LogP contribution in [0, 0.1) is 5.92 Å². The van der Waals surface area contributed by atoms with E-state index in [9.17, 15) is 33.6 Å². The molecule has 2 fully saturated rings. The molecule has 5 atom stereocenters. The number of ether oxygens (including phenoxy) is 3. The highest BCUT2D eigenvalue weighted by Crippen LogP contribution is 2.32. The average Bonchev–Trinajstić information content (AvgIpc) is 3.63. The third-order valence-corrected chi connectivity index (χ3v) is 11.2. The molecule has 15 nitrogen and oxygen atoms in total. The zero-order valence-corrected chi connectivity index (χ0v) is 36.4. The van der Waals surface area contributed by atoms with Crippen LogP contribution in [-0.4, -0.2) is 101 Å². The smallest absolute Gasteiger partial charge is 0.333 e. The fraction of sp³-hybridized carbons (Fsp3) is 0.587. The first kappa shape index (κ1) is 46.8. The third-order valence-electron chi connectivity index (χ3n) is 11.2. The molecule has 61 heavy (non-hydrogen) atoms. The number of rotatable bonds is 12. The van der Waals surface area contributed by atoms with Crippen molar-refractivity contribution in [3.63, 3.8) is 0 Å². The van der Waals surface area contributed by atoms with Gasteiger partial charge < -0.3 is 40.4 Å². The topological polar surface area (TPSA) is 199 Å². The molecule has 1 aliphatic carbocycles. The van der Waals surface area contributed by atoms with E-state index in [2.05, 4.69) is 21.3 Å². The molecule has 0 radical (unpaired) electrons. The van der Waals surface area contributed by atoms with Crippen molar-refractivity contribution in [1.82, 2.24) is 26.2 Å². The Kier molecular flexibility index (Phi) is 16.1. The molecule has 1 saturated heterocycles. The molecule has 4 bridgehead atoms. The van der Waals surface area contributed by atoms with E-state index in [1.165, 1.54) is 4.90 Å². The van der Waals surface area contributed by atoms with Crippen molar-refractivity contribution < 1.29 is 47.8 Å². The highest BCUT2D eigenvalue weighted by molar-refractivity contribution is 6.38. The van der Waals surface area contributed by atoms with Crippen molar-refractivity contribution in [1.29, 1.82) is 0 Å². The number of fused-ring (bicyclic) bond motifs is 4. The summed E-state index contributed by atoms with van der Waals surface area (Å²) in [7, 11) is 0. The van der Waals surface area contributed by atoms with Crippen LogP contribution in [0.1, 0.15) is 116 Å². The summed E-state index contributed by atoms with van der Waals surface area (Å²) in [5.74, 6) is -4.38. The van der Waals surface area contributed by atoms with Crippen LogP contribution < -0.4 is 26.0 Å². The second-order valence-electron chi connectivity index (χ2n) is 17.9. The lowest BCUT2D eigenvalue weighted by molar-refractivity contribution is -0.158. The first-order valence-corrected chi connectivity index (χ1v) is 21.6. The number of carbonyl (C=O) groups is 7. The number of carbonyl (C=O) groups excluding carboxylic acids is 7. The predicted molar refractivity (Wildman–Crippen MR) is 226 cm³/mol. The quantitative estimate of drug-likeness (QED) is 0.179. The number of hydrogen-bond donors (Lipinski definition) is 4. The highest BCUT2D eigenvalue weighted by Gasteiger charge is 2.46. The number of Topliss-reactive ketones (excluding diaryl/α,β-unsaturated/α-hetero) is 1. The molecule has 4 N–H and O–H groups in total. The van der Waals surface area contributed by atoms with Gasteiger partial charge in [0.1, 0.15) is 23.4 Å². The van der Waals surface area contributed by atoms with Crippen LogP contribution in [0.15, 0.2) is 54.6 Å². The van der Waals surface area contributed by atoms with Gasteiger partial charge in [-0.2, -0.15) is 0 Å². The van der Waals surface area contributed by atoms with Crippen LogP contribution in [0.4, 0.5) is 0 Å². The normalized spacial score (nSPS) is 22.1. The summed E-state index contributed by atoms with van der Waals surface area (Å²) in [6, 6.07) is 11.4. The second kappa shape index (κ2) is 21.0. The average molecular weight is 846 g/mol. The Hall–Kier alpha value is -5.31. The fourth-order valence-corrected chi connectivity index (χ4v) is 8.21. The maximum atomic E-state index is 14.7. The molecule has 5 amide bonds. The van der Waals surface area contributed by atoms with Crippen molar-refractivity contribution >= 4 is 41.3 Å². The lowest BCUT2D eigenvalue weighted by atomic mass is 9.83. The Morgan fingerprint density at radius 1 is 0.967 bits per heavy atom. The van der Waals surface area contributed by atoms with Gasteiger partial charge in [-0.05, 0) is 83.1 Å². The van der Waals surface area contributed by atoms with Gasteiger partial charge in [0.2, 0.25) is 29.4 Å². The molecule has 0 spiro atoms. The van der Waals surface area contributed by atoms with Gasteiger partial charge in [0.25, 0.3) is 5.91 Å². The molecule has 2 aliphatic heterocycles. The molecule has 2 aromatic rings. The first-order chi connectivity index (χ1) is 28.9. The van der Waals surface area contributed by atoms with Crippen LogP contribution in [0.3, 0.4) is 0 Å². The monoisotopic (exact) mass is 845 g/mol. The largest absolute Gasteiger partial charge is 0.493 e. The van der Waals surface area contributed by atoms with Gasteiger partial charge in [0.05, 0.1) is 37.3 Å². The lowest BCUT2D eigenvalue weighted by Gasteiger charge is -2.35. The Morgan fingerprint density at radius 2 is 1.69 bits per heavy atom. The zero-order valence-electron chi connectivity index (χ0n) is 36.4. The molecule has 2 aromatic carbocycles. The van der Waals surface area contributed by atoms with Gasteiger partial charge in [-0.3, -0.25) is 28.8 Å². The molecule has 1 saturated carbocycles. The van der Waals surface area contributed by atoms with Gasteiger partial charge in [-0.15, -0.1) is 0 Å². The number of ketones is 1. The number of amides is 5. The molecule has 15 heteroatoms. The van der Waals surface area contributed by atoms with E-state index >= 15 is 0 Å². The Morgan fingerprint density at radius 3 is 2.38 bits per heavy atom. The van der Waals surface area contributed by atoms with Crippen LogP contribution in [0.5, 0.6) is 5.75 Å². The lowest BCUT2D eigenvalue weighted by Crippen LogP contribution is -2.58. The molecule has 5 rings (SSSR count). The van der Waals surface area contributed by atoms with Crippen molar-refractivity contribution in [2.24, 2.45) is 5.92 Å². The highest BCUT2D eigenvalue weighted by atomic mass is 16.6. The van der Waals surface area contributed by atoms with E-state index in [0.29, 0.717) is 30.8 Å². The second-order valence-corrected chi connectivity index (χ2v) is 17.9. The standard InChI is InChI=1S/C46H63N5O10/c1-7-15-34(40(54)42(56)47-27-37(53)50-39(31-19-12-9-13-20-31)44(58)61-45(2,3)4)48-41(55)35-26-33-28-51(35)43(57)38(30-17-10-8-11-18-30)49-36(52)25-29-16-14-21-32(24-29)59-23-22-46(5,6)60-33/h9,12-14,16,19-21,24,30,33-35,38-39H,7-8,10-11,15,17-18,22-23,25-28H2,1-6H3,(H,47,56)(H,48,55)(H,49,52)(H,50,53)/t33-,34?,35?,38+,39+/m1/s1. The van der Waals surface area contributed by atoms with E-state index in [-0.39, 0.29) is 37.6 Å². The summed E-state index contributed by atoms with van der Waals surface area (Å²) in [4.78, 5) is 97.2. The SMILES string of the molecule is CCCC(NC(=O)C1C[C@@H]2CN1C(=O)[C@H](C1CCCCC1)NC(=O)Cc1cccc(c1)OCCC(C)(C)O2)C(=O)C(=O)NCC(=O)N[C@H](C(=O)OC(C)(C)C)c1ccccc1. The van der Waals surface area contributed by atoms with E-state index in [0.717, 1.165) is 37.7 Å². The summed E-state index contributed by atoms with van der Waals surface area (Å²) in [5, 5.41) is 10.7. The molecular formula is C46H63N5O10. The first-order valence-electron chi connectivity index (χ1n) is 21.6. The van der Waals surface area contributed by atoms with E-state index in [1.807, 2.05) is 38.1 Å². The molecule has 332 valence electrons. The predicted octanol–water partition coefficient (Wildman–Crippen LogP) is 4.01. The fourth-order valence-electron chi connectivity index (χ4n) is 8.21. The minimum Gasteiger partial charge on any atom is -0.493 e. The number of hydrogen-bond acceptors (Lipinski definition) is 10. The van der Waals surface area contributed by atoms with Gasteiger partial charge in [-0.1, -0.05) is 75.1 Å². The van der Waals surface area contributed by atoms with E-state index in [4.69, 9.17) is 14.2 Å². The number of nitrogens with zero attached hydrogens (tertiary/aromatic N) is 1. The van der Waals surface area contributed by atoms with Crippen molar-refractivity contribution in [2.45, 2.75) is 147 Å². The zero-order chi connectivity index (χ0) is 44.3. The van der Waals surface area contributed by atoms with Crippen LogP contribution in [0.2, 0.25) is 0 Å². The van der Waals surface area contributed by atoms with Crippen molar-refractivity contribution in [2.75, 3.05) is 19.7 Å². The van der Waals surface area contributed by atoms with Crippen LogP contribution >= 0.6 is 0 Å². The molecule has 2 unspecified atom stereocenters. The summed E-state index contributed by atoms with van der Waals surface area (Å²) in [6.45, 7) is 10.5. The van der Waals surface area contributed by atoms with Gasteiger partial charge in [-0.25, -0.2) is 4.79 Å². The molecular weight excluding hydrogens is 783 g/mol. The minimum atomic E-state index is -1.27. The molecule has 2 heterocycles. The molecule has 0 aromatic heterocycles. The summed E-state index contributed by atoms with van der Waals surface area (Å²) in [5.41, 5.74) is -0.326. The van der Waals surface area contributed by atoms with E-state index < -0.39 is 83.4 Å². The Bertz CT molecular complexity index is 1890. The van der Waals surface area contributed by atoms with Crippen LogP contribution in [0.25, 0.3) is 0 Å². The summed E-state index contributed by atoms with van der Waals surface area (Å²) < 4.78 is 18.1. The summed E-state index contributed by atoms with van der Waals surface area (Å²) >= 11 is 0. The van der Waals surface area contributed by atoms with Crippen LogP contribution in [-0.2, 0) is 49.5 Å². The Balaban J connectivity index is 1.31. The number of nitrogens with one attached hydrogen (secondary N) is 4.